The molecule has 1 aromatic heterocycles. The van der Waals surface area contributed by atoms with Crippen molar-refractivity contribution in [3.63, 3.8) is 0 Å². The van der Waals surface area contributed by atoms with E-state index in [1.54, 1.807) is 28.6 Å². The summed E-state index contributed by atoms with van der Waals surface area (Å²) in [5, 5.41) is 3.31. The molecule has 0 aliphatic carbocycles. The SMILES string of the molecule is CCC1c2nc3ccc(C#CC4CCNC4)cc3n2-c2c(OC(F)F)cccc2C(=O)N1C. The number of hydrogen-bond donors (Lipinski definition) is 1. The Morgan fingerprint density at radius 1 is 1.30 bits per heavy atom. The largest absolute Gasteiger partial charge is 0.433 e. The number of para-hydroxylation sites is 1. The van der Waals surface area contributed by atoms with Gasteiger partial charge in [0.2, 0.25) is 0 Å². The quantitative estimate of drug-likeness (QED) is 0.610. The zero-order valence-corrected chi connectivity index (χ0v) is 18.4. The number of carbonyl (C=O) groups excluding carboxylic acids is 1. The third-order valence-corrected chi connectivity index (χ3v) is 6.30. The summed E-state index contributed by atoms with van der Waals surface area (Å²) in [5.41, 5.74) is 2.79. The van der Waals surface area contributed by atoms with Gasteiger partial charge in [-0.2, -0.15) is 8.78 Å². The van der Waals surface area contributed by atoms with Crippen molar-refractivity contribution in [2.24, 2.45) is 5.92 Å². The van der Waals surface area contributed by atoms with Crippen molar-refractivity contribution >= 4 is 16.9 Å². The zero-order valence-electron chi connectivity index (χ0n) is 18.4. The van der Waals surface area contributed by atoms with Crippen LogP contribution >= 0.6 is 0 Å². The number of rotatable bonds is 3. The van der Waals surface area contributed by atoms with Gasteiger partial charge >= 0.3 is 6.61 Å². The van der Waals surface area contributed by atoms with Crippen LogP contribution in [-0.2, 0) is 0 Å². The van der Waals surface area contributed by atoms with Gasteiger partial charge in [0.15, 0.2) is 5.75 Å². The molecular formula is C25H24F2N4O2. The van der Waals surface area contributed by atoms with Crippen LogP contribution in [0.2, 0.25) is 0 Å². The van der Waals surface area contributed by atoms with Gasteiger partial charge in [0.05, 0.1) is 22.6 Å². The monoisotopic (exact) mass is 450 g/mol. The number of fused-ring (bicyclic) bond motifs is 5. The molecule has 170 valence electrons. The summed E-state index contributed by atoms with van der Waals surface area (Å²) in [5.74, 6) is 7.15. The van der Waals surface area contributed by atoms with Crippen LogP contribution in [-0.4, -0.2) is 47.1 Å². The van der Waals surface area contributed by atoms with Crippen LogP contribution in [0.15, 0.2) is 36.4 Å². The number of benzene rings is 2. The standard InChI is InChI=1S/C25H24F2N4O2/c1-3-19-23-29-18-10-9-15(7-8-16-11-12-28-14-16)13-20(18)31(23)22-17(24(32)30(19)2)5-4-6-21(22)33-25(26)27/h4-6,9-10,13,16,19,25,28H,3,11-12,14H2,1-2H3. The van der Waals surface area contributed by atoms with Crippen molar-refractivity contribution in [1.82, 2.24) is 19.8 Å². The fourth-order valence-electron chi connectivity index (χ4n) is 4.67. The number of ether oxygens (including phenoxy) is 1. The second kappa shape index (κ2) is 8.49. The van der Waals surface area contributed by atoms with Crippen molar-refractivity contribution in [1.29, 1.82) is 0 Å². The lowest BCUT2D eigenvalue weighted by atomic mass is 10.1. The minimum atomic E-state index is -3.02. The van der Waals surface area contributed by atoms with Crippen LogP contribution in [0.4, 0.5) is 8.78 Å². The molecule has 2 aromatic carbocycles. The lowest BCUT2D eigenvalue weighted by Crippen LogP contribution is -2.30. The van der Waals surface area contributed by atoms with E-state index in [1.807, 2.05) is 25.1 Å². The van der Waals surface area contributed by atoms with Gasteiger partial charge in [-0.1, -0.05) is 24.8 Å². The van der Waals surface area contributed by atoms with E-state index in [2.05, 4.69) is 17.2 Å². The van der Waals surface area contributed by atoms with Gasteiger partial charge in [0.1, 0.15) is 11.5 Å². The highest BCUT2D eigenvalue weighted by atomic mass is 19.3. The molecular weight excluding hydrogens is 426 g/mol. The van der Waals surface area contributed by atoms with Crippen molar-refractivity contribution in [2.75, 3.05) is 20.1 Å². The number of hydrogen-bond acceptors (Lipinski definition) is 4. The summed E-state index contributed by atoms with van der Waals surface area (Å²) in [6, 6.07) is 10.0. The molecule has 2 atom stereocenters. The van der Waals surface area contributed by atoms with Crippen LogP contribution in [0.5, 0.6) is 5.75 Å². The van der Waals surface area contributed by atoms with Crippen LogP contribution in [0, 0.1) is 17.8 Å². The van der Waals surface area contributed by atoms with Gasteiger partial charge in [-0.3, -0.25) is 9.36 Å². The average Bonchev–Trinajstić information content (AvgIpc) is 3.43. The van der Waals surface area contributed by atoms with Crippen molar-refractivity contribution in [2.45, 2.75) is 32.4 Å². The van der Waals surface area contributed by atoms with Gasteiger partial charge < -0.3 is 15.0 Å². The smallest absolute Gasteiger partial charge is 0.387 e. The van der Waals surface area contributed by atoms with Crippen LogP contribution in [0.1, 0.15) is 47.6 Å². The number of halogens is 2. The predicted octanol–water partition coefficient (Wildman–Crippen LogP) is 4.12. The minimum Gasteiger partial charge on any atom is -0.433 e. The summed E-state index contributed by atoms with van der Waals surface area (Å²) in [4.78, 5) is 19.7. The van der Waals surface area contributed by atoms with Gasteiger partial charge in [-0.15, -0.1) is 0 Å². The average molecular weight is 450 g/mol. The first-order valence-corrected chi connectivity index (χ1v) is 11.1. The van der Waals surface area contributed by atoms with Crippen LogP contribution < -0.4 is 10.1 Å². The van der Waals surface area contributed by atoms with E-state index in [4.69, 9.17) is 9.72 Å². The molecule has 1 fully saturated rings. The number of imidazole rings is 1. The van der Waals surface area contributed by atoms with E-state index in [-0.39, 0.29) is 23.4 Å². The number of nitrogens with one attached hydrogen (secondary N) is 1. The van der Waals surface area contributed by atoms with Gasteiger partial charge in [-0.05, 0) is 49.7 Å². The Hall–Kier alpha value is -3.44. The number of carbonyl (C=O) groups is 1. The lowest BCUT2D eigenvalue weighted by molar-refractivity contribution is -0.0498. The molecule has 0 radical (unpaired) electrons. The Kier molecular flexibility index (Phi) is 5.51. The lowest BCUT2D eigenvalue weighted by Gasteiger charge is -2.24. The molecule has 8 heteroatoms. The number of amides is 1. The fraction of sp³-hybridized carbons (Fsp3) is 0.360. The van der Waals surface area contributed by atoms with Crippen LogP contribution in [0.25, 0.3) is 16.7 Å². The summed E-state index contributed by atoms with van der Waals surface area (Å²) >= 11 is 0. The molecule has 2 aliphatic heterocycles. The third-order valence-electron chi connectivity index (χ3n) is 6.30. The van der Waals surface area contributed by atoms with E-state index in [9.17, 15) is 13.6 Å². The maximum Gasteiger partial charge on any atom is 0.387 e. The van der Waals surface area contributed by atoms with E-state index < -0.39 is 6.61 Å². The molecule has 6 nitrogen and oxygen atoms in total. The molecule has 0 bridgehead atoms. The second-order valence-corrected chi connectivity index (χ2v) is 8.34. The summed E-state index contributed by atoms with van der Waals surface area (Å²) in [6.07, 6.45) is 1.64. The van der Waals surface area contributed by atoms with Crippen LogP contribution in [0.3, 0.4) is 0 Å². The molecule has 0 spiro atoms. The highest BCUT2D eigenvalue weighted by Crippen LogP contribution is 2.40. The summed E-state index contributed by atoms with van der Waals surface area (Å²) < 4.78 is 33.2. The molecule has 0 saturated carbocycles. The zero-order chi connectivity index (χ0) is 23.1. The first-order valence-electron chi connectivity index (χ1n) is 11.1. The highest BCUT2D eigenvalue weighted by molar-refractivity contribution is 6.00. The van der Waals surface area contributed by atoms with E-state index >= 15 is 0 Å². The minimum absolute atomic E-state index is 0.0601. The highest BCUT2D eigenvalue weighted by Gasteiger charge is 2.35. The van der Waals surface area contributed by atoms with Gasteiger partial charge in [0.25, 0.3) is 5.91 Å². The number of alkyl halides is 2. The molecule has 3 aromatic rings. The van der Waals surface area contributed by atoms with E-state index in [0.29, 0.717) is 34.8 Å². The molecule has 1 amide bonds. The fourth-order valence-corrected chi connectivity index (χ4v) is 4.67. The maximum atomic E-state index is 13.3. The Morgan fingerprint density at radius 2 is 2.15 bits per heavy atom. The molecule has 3 heterocycles. The molecule has 5 rings (SSSR count). The summed E-state index contributed by atoms with van der Waals surface area (Å²) in [7, 11) is 1.71. The van der Waals surface area contributed by atoms with E-state index in [1.165, 1.54) is 6.07 Å². The Morgan fingerprint density at radius 3 is 2.88 bits per heavy atom. The third kappa shape index (κ3) is 3.72. The first-order chi connectivity index (χ1) is 16.0. The first kappa shape index (κ1) is 21.4. The molecule has 33 heavy (non-hydrogen) atoms. The topological polar surface area (TPSA) is 59.4 Å². The van der Waals surface area contributed by atoms with Crippen molar-refractivity contribution in [3.05, 3.63) is 53.3 Å². The van der Waals surface area contributed by atoms with Gasteiger partial charge in [0, 0.05) is 25.1 Å². The van der Waals surface area contributed by atoms with E-state index in [0.717, 1.165) is 25.1 Å². The molecule has 1 saturated heterocycles. The summed E-state index contributed by atoms with van der Waals surface area (Å²) in [6.45, 7) is 0.801. The Labute approximate surface area is 190 Å². The van der Waals surface area contributed by atoms with Gasteiger partial charge in [-0.25, -0.2) is 4.98 Å². The normalized spacial score (nSPS) is 19.8. The van der Waals surface area contributed by atoms with Crippen molar-refractivity contribution < 1.29 is 18.3 Å². The van der Waals surface area contributed by atoms with Crippen molar-refractivity contribution in [3.8, 4) is 23.3 Å². The Bertz CT molecular complexity index is 1280. The number of aromatic nitrogens is 2. The predicted molar refractivity (Wildman–Crippen MR) is 121 cm³/mol. The maximum absolute atomic E-state index is 13.3. The molecule has 2 unspecified atom stereocenters. The Balaban J connectivity index is 1.76. The second-order valence-electron chi connectivity index (χ2n) is 8.34. The molecule has 2 aliphatic rings. The molecule has 1 N–H and O–H groups in total. The number of nitrogens with zero attached hydrogens (tertiary/aromatic N) is 3.